The number of amides is 1. The number of carbonyl (C=O) groups is 2. The molecule has 4 heterocycles. The van der Waals surface area contributed by atoms with Gasteiger partial charge in [-0.05, 0) is 57.9 Å². The quantitative estimate of drug-likeness (QED) is 0.156. The summed E-state index contributed by atoms with van der Waals surface area (Å²) in [6.07, 6.45) is -0.313. The average molecular weight is 543 g/mol. The maximum absolute atomic E-state index is 14.0. The van der Waals surface area contributed by atoms with E-state index in [0.717, 1.165) is 71.4 Å². The lowest BCUT2D eigenvalue weighted by Crippen LogP contribution is -2.37. The van der Waals surface area contributed by atoms with Crippen molar-refractivity contribution in [2.24, 2.45) is 0 Å². The first-order chi connectivity index (χ1) is 20.6. The Morgan fingerprint density at radius 3 is 2.14 bits per heavy atom. The van der Waals surface area contributed by atoms with Gasteiger partial charge in [0.1, 0.15) is 11.9 Å². The van der Waals surface area contributed by atoms with E-state index in [-0.39, 0.29) is 23.7 Å². The normalized spacial score (nSPS) is 16.7. The van der Waals surface area contributed by atoms with Crippen LogP contribution in [0.25, 0.3) is 59.8 Å². The molecule has 0 radical (unpaired) electrons. The molecule has 0 aliphatic carbocycles. The second kappa shape index (κ2) is 6.56. The number of carbonyl (C=O) groups excluding carboxylic acids is 2. The van der Waals surface area contributed by atoms with E-state index < -0.39 is 0 Å². The molecule has 0 spiro atoms. The Morgan fingerprint density at radius 1 is 0.595 bits per heavy atom. The Hall–Kier alpha value is -5.82. The van der Waals surface area contributed by atoms with Gasteiger partial charge in [-0.1, -0.05) is 48.5 Å². The van der Waals surface area contributed by atoms with Crippen molar-refractivity contribution in [2.75, 3.05) is 10.2 Å². The fourth-order valence-corrected chi connectivity index (χ4v) is 8.01. The summed E-state index contributed by atoms with van der Waals surface area (Å²) in [5, 5.41) is 22.4. The minimum Gasteiger partial charge on any atom is -0.507 e. The molecule has 0 bridgehead atoms. The zero-order chi connectivity index (χ0) is 27.6. The highest BCUT2D eigenvalue weighted by atomic mass is 16.3. The van der Waals surface area contributed by atoms with Crippen molar-refractivity contribution in [3.8, 4) is 11.4 Å². The van der Waals surface area contributed by atoms with Gasteiger partial charge in [-0.3, -0.25) is 14.5 Å². The van der Waals surface area contributed by atoms with Crippen LogP contribution in [0.3, 0.4) is 0 Å². The van der Waals surface area contributed by atoms with E-state index in [9.17, 15) is 14.7 Å². The van der Waals surface area contributed by atoms with Gasteiger partial charge >= 0.3 is 0 Å². The number of hydrogen-bond donors (Lipinski definition) is 2. The summed E-state index contributed by atoms with van der Waals surface area (Å²) >= 11 is 0. The van der Waals surface area contributed by atoms with Gasteiger partial charge in [0.15, 0.2) is 0 Å². The Morgan fingerprint density at radius 2 is 1.29 bits per heavy atom. The summed E-state index contributed by atoms with van der Waals surface area (Å²) in [4.78, 5) is 29.7. The summed E-state index contributed by atoms with van der Waals surface area (Å²) in [7, 11) is 0. The molecule has 1 unspecified atom stereocenters. The van der Waals surface area contributed by atoms with Crippen molar-refractivity contribution in [2.45, 2.75) is 6.17 Å². The van der Waals surface area contributed by atoms with E-state index in [1.54, 1.807) is 10.7 Å². The van der Waals surface area contributed by atoms with Crippen molar-refractivity contribution >= 4 is 77.3 Å². The number of phenols is 1. The standard InChI is InChI=1S/C35H18N4O3/c40-27-15-26-30-21(35(42)39-25-8-4-3-7-24(25)38(26)39)13-10-17-16-9-12-19-29-20(14-11-18(28(16)29)31(27)32(17)30)34(41)37-23-6-2-1-5-22(23)36-33(19)37/h1-15,33,36,40H. The lowest BCUT2D eigenvalue weighted by Gasteiger charge is -2.33. The first-order valence-electron chi connectivity index (χ1n) is 14.0. The molecule has 11 rings (SSSR count). The molecule has 8 aromatic rings. The number of rotatable bonds is 0. The fraction of sp³-hybridized carbons (Fsp3) is 0.0286. The highest BCUT2D eigenvalue weighted by Crippen LogP contribution is 2.53. The smallest absolute Gasteiger partial charge is 0.278 e. The van der Waals surface area contributed by atoms with Gasteiger partial charge in [-0.25, -0.2) is 9.36 Å². The number of fused-ring (bicyclic) bond motifs is 11. The highest BCUT2D eigenvalue weighted by Gasteiger charge is 2.41. The van der Waals surface area contributed by atoms with Crippen molar-refractivity contribution < 1.29 is 14.7 Å². The maximum atomic E-state index is 14.0. The molecule has 2 N–H and O–H groups in total. The topological polar surface area (TPSA) is 79.5 Å². The molecule has 7 nitrogen and oxygen atoms in total. The summed E-state index contributed by atoms with van der Waals surface area (Å²) in [6.45, 7) is 0. The number of aromatic nitrogens is 2. The van der Waals surface area contributed by atoms with Crippen LogP contribution >= 0.6 is 0 Å². The van der Waals surface area contributed by atoms with Crippen LogP contribution in [0.2, 0.25) is 0 Å². The van der Waals surface area contributed by atoms with Gasteiger partial charge in [-0.2, -0.15) is 0 Å². The van der Waals surface area contributed by atoms with Gasteiger partial charge in [0.05, 0.1) is 33.7 Å². The van der Waals surface area contributed by atoms with Crippen LogP contribution in [0.4, 0.5) is 11.4 Å². The third-order valence-electron chi connectivity index (χ3n) is 9.64. The third kappa shape index (κ3) is 2.06. The summed E-state index contributed by atoms with van der Waals surface area (Å²) in [5.74, 6) is 0.0186. The van der Waals surface area contributed by atoms with E-state index >= 15 is 0 Å². The SMILES string of the molecule is O=C1c2ccc3c4c(O)cc5c6c(ccc(c7ccc(c2c73)C2Nc3ccccc3N12)c64)C(=O)n1c2ccccc2n1-5. The first kappa shape index (κ1) is 21.0. The largest absolute Gasteiger partial charge is 0.507 e. The van der Waals surface area contributed by atoms with Crippen LogP contribution in [-0.4, -0.2) is 26.3 Å². The Balaban J connectivity index is 1.30. The predicted molar refractivity (Wildman–Crippen MR) is 163 cm³/mol. The summed E-state index contributed by atoms with van der Waals surface area (Å²) in [6, 6.07) is 29.5. The Kier molecular flexibility index (Phi) is 3.28. The second-order valence-corrected chi connectivity index (χ2v) is 11.5. The molecule has 3 aliphatic heterocycles. The van der Waals surface area contributed by atoms with Crippen molar-refractivity contribution in [1.29, 1.82) is 0 Å². The monoisotopic (exact) mass is 542 g/mol. The minimum absolute atomic E-state index is 0.0453. The lowest BCUT2D eigenvalue weighted by atomic mass is 9.82. The minimum atomic E-state index is -0.313. The van der Waals surface area contributed by atoms with E-state index in [4.69, 9.17) is 0 Å². The lowest BCUT2D eigenvalue weighted by molar-refractivity contribution is 0.0935. The number of nitrogens with zero attached hydrogens (tertiary/aromatic N) is 3. The maximum Gasteiger partial charge on any atom is 0.278 e. The number of benzene rings is 7. The fourth-order valence-electron chi connectivity index (χ4n) is 8.01. The third-order valence-corrected chi connectivity index (χ3v) is 9.64. The zero-order valence-corrected chi connectivity index (χ0v) is 21.8. The average Bonchev–Trinajstić information content (AvgIpc) is 3.40. The molecule has 1 amide bonds. The van der Waals surface area contributed by atoms with Crippen molar-refractivity contribution in [3.63, 3.8) is 0 Å². The zero-order valence-electron chi connectivity index (χ0n) is 21.8. The van der Waals surface area contributed by atoms with Crippen LogP contribution in [-0.2, 0) is 0 Å². The number of aromatic hydroxyl groups is 1. The Labute approximate surface area is 236 Å². The summed E-state index contributed by atoms with van der Waals surface area (Å²) in [5.41, 5.74) is 6.67. The predicted octanol–water partition coefficient (Wildman–Crippen LogP) is 7.27. The van der Waals surface area contributed by atoms with Crippen LogP contribution in [0.5, 0.6) is 5.75 Å². The first-order valence-corrected chi connectivity index (χ1v) is 14.0. The highest BCUT2D eigenvalue weighted by molar-refractivity contribution is 6.39. The van der Waals surface area contributed by atoms with Crippen LogP contribution < -0.4 is 10.2 Å². The number of anilines is 2. The molecule has 7 heteroatoms. The number of hydrogen-bond acceptors (Lipinski definition) is 4. The molecule has 1 aromatic heterocycles. The van der Waals surface area contributed by atoms with E-state index in [2.05, 4.69) is 17.4 Å². The molecule has 0 saturated carbocycles. The van der Waals surface area contributed by atoms with Gasteiger partial charge in [-0.15, -0.1) is 0 Å². The van der Waals surface area contributed by atoms with Gasteiger partial charge in [0.25, 0.3) is 11.8 Å². The van der Waals surface area contributed by atoms with Crippen LogP contribution in [0.15, 0.2) is 91.0 Å². The van der Waals surface area contributed by atoms with Crippen LogP contribution in [0.1, 0.15) is 32.4 Å². The second-order valence-electron chi connectivity index (χ2n) is 11.5. The molecule has 0 saturated heterocycles. The molecule has 42 heavy (non-hydrogen) atoms. The van der Waals surface area contributed by atoms with Gasteiger partial charge in [0, 0.05) is 38.7 Å². The molecule has 7 aromatic carbocycles. The van der Waals surface area contributed by atoms with E-state index in [1.807, 2.05) is 82.4 Å². The number of nitrogens with one attached hydrogen (secondary N) is 1. The molecular formula is C35H18N4O3. The van der Waals surface area contributed by atoms with Crippen LogP contribution in [0, 0.1) is 0 Å². The van der Waals surface area contributed by atoms with Gasteiger partial charge < -0.3 is 10.4 Å². The van der Waals surface area contributed by atoms with Crippen molar-refractivity contribution in [3.05, 3.63) is 108 Å². The number of phenolic OH excluding ortho intramolecular Hbond substituents is 1. The molecule has 1 atom stereocenters. The summed E-state index contributed by atoms with van der Waals surface area (Å²) < 4.78 is 3.58. The van der Waals surface area contributed by atoms with E-state index in [0.29, 0.717) is 16.5 Å². The Bertz CT molecular complexity index is 2620. The van der Waals surface area contributed by atoms with Crippen molar-refractivity contribution in [1.82, 2.24) is 9.36 Å². The van der Waals surface area contributed by atoms with E-state index in [1.165, 1.54) is 0 Å². The molecule has 196 valence electrons. The molecular weight excluding hydrogens is 524 g/mol. The molecule has 3 aliphatic rings. The molecule has 0 fully saturated rings. The number of para-hydroxylation sites is 4. The van der Waals surface area contributed by atoms with Gasteiger partial charge in [0.2, 0.25) is 0 Å².